The Labute approximate surface area is 231 Å². The number of rotatable bonds is 14. The van der Waals surface area contributed by atoms with Crippen molar-refractivity contribution in [2.24, 2.45) is 5.92 Å². The molecule has 0 saturated carbocycles. The smallest absolute Gasteiger partial charge is 0.458 e. The Balaban J connectivity index is 2.30. The quantitative estimate of drug-likeness (QED) is 0.331. The summed E-state index contributed by atoms with van der Waals surface area (Å²) in [4.78, 5) is 37.9. The molecule has 0 heterocycles. The Bertz CT molecular complexity index is 1210. The monoisotopic (exact) mass is 563 g/mol. The third kappa shape index (κ3) is 11.2. The molecule has 1 amide bonds. The van der Waals surface area contributed by atoms with Crippen LogP contribution in [0.2, 0.25) is 0 Å². The van der Waals surface area contributed by atoms with Crippen molar-refractivity contribution in [3.63, 3.8) is 0 Å². The minimum atomic E-state index is -3.82. The van der Waals surface area contributed by atoms with Crippen LogP contribution in [-0.2, 0) is 40.1 Å². The molecule has 0 aliphatic rings. The van der Waals surface area contributed by atoms with Gasteiger partial charge in [-0.05, 0) is 56.9 Å². The van der Waals surface area contributed by atoms with Crippen molar-refractivity contribution >= 4 is 38.6 Å². The number of esters is 1. The normalized spacial score (nSPS) is 13.4. The molecule has 2 aromatic rings. The van der Waals surface area contributed by atoms with Crippen molar-refractivity contribution in [3.05, 3.63) is 48.0 Å². The number of amides is 1. The Hall–Kier alpha value is -3.14. The van der Waals surface area contributed by atoms with E-state index >= 15 is 0 Å². The average molecular weight is 564 g/mol. The lowest BCUT2D eigenvalue weighted by atomic mass is 9.95. The second-order valence-electron chi connectivity index (χ2n) is 10.4. The zero-order valence-corrected chi connectivity index (χ0v) is 24.3. The van der Waals surface area contributed by atoms with Crippen LogP contribution in [0, 0.1) is 5.92 Å². The number of ether oxygens (including phenoxy) is 3. The summed E-state index contributed by atoms with van der Waals surface area (Å²) in [7, 11) is -3.82. The minimum Gasteiger partial charge on any atom is -0.458 e. The van der Waals surface area contributed by atoms with E-state index in [0.717, 1.165) is 22.8 Å². The van der Waals surface area contributed by atoms with E-state index in [4.69, 9.17) is 9.47 Å². The Morgan fingerprint density at radius 3 is 2.33 bits per heavy atom. The molecule has 0 fully saturated rings. The SMILES string of the molecule is CCCC[C@H](NC(=O)[C@H](Cc1cccc2ccccc12)CS(=O)(=O)CCOC(=O)OCC)C(=O)OC(C)(C)C. The van der Waals surface area contributed by atoms with Crippen molar-refractivity contribution in [3.8, 4) is 0 Å². The van der Waals surface area contributed by atoms with Crippen molar-refractivity contribution in [2.45, 2.75) is 71.9 Å². The van der Waals surface area contributed by atoms with Gasteiger partial charge in [-0.3, -0.25) is 4.79 Å². The highest BCUT2D eigenvalue weighted by molar-refractivity contribution is 7.91. The van der Waals surface area contributed by atoms with Gasteiger partial charge in [0, 0.05) is 0 Å². The zero-order chi connectivity index (χ0) is 29.1. The van der Waals surface area contributed by atoms with Crippen LogP contribution in [0.1, 0.15) is 59.4 Å². The van der Waals surface area contributed by atoms with Crippen molar-refractivity contribution in [1.82, 2.24) is 5.32 Å². The average Bonchev–Trinajstić information content (AvgIpc) is 2.85. The van der Waals surface area contributed by atoms with E-state index in [9.17, 15) is 22.8 Å². The fourth-order valence-corrected chi connectivity index (χ4v) is 5.47. The van der Waals surface area contributed by atoms with Crippen molar-refractivity contribution in [1.29, 1.82) is 0 Å². The van der Waals surface area contributed by atoms with Gasteiger partial charge in [-0.25, -0.2) is 18.0 Å². The molecule has 0 spiro atoms. The maximum Gasteiger partial charge on any atom is 0.508 e. The first-order valence-corrected chi connectivity index (χ1v) is 15.2. The van der Waals surface area contributed by atoms with Crippen LogP contribution in [0.5, 0.6) is 0 Å². The molecule has 0 aliphatic carbocycles. The van der Waals surface area contributed by atoms with Crippen LogP contribution in [-0.4, -0.2) is 62.8 Å². The summed E-state index contributed by atoms with van der Waals surface area (Å²) in [5.41, 5.74) is 0.0743. The third-order valence-corrected chi connectivity index (χ3v) is 7.60. The lowest BCUT2D eigenvalue weighted by Gasteiger charge is -2.26. The standard InChI is InChI=1S/C29H41NO8S/c1-6-8-16-25(27(32)38-29(3,4)5)30-26(31)23(20-39(34,35)18-17-37-28(33)36-7-2)19-22-14-11-13-21-12-9-10-15-24(21)22/h9-15,23,25H,6-8,16-20H2,1-5H3,(H,30,31)/t23-,25+/m1/s1. The van der Waals surface area contributed by atoms with Crippen molar-refractivity contribution in [2.75, 3.05) is 24.7 Å². The molecule has 216 valence electrons. The summed E-state index contributed by atoms with van der Waals surface area (Å²) >= 11 is 0. The van der Waals surface area contributed by atoms with Gasteiger partial charge in [0.25, 0.3) is 0 Å². The molecular formula is C29H41NO8S. The molecule has 0 saturated heterocycles. The van der Waals surface area contributed by atoms with Gasteiger partial charge in [0.1, 0.15) is 18.2 Å². The minimum absolute atomic E-state index is 0.107. The summed E-state index contributed by atoms with van der Waals surface area (Å²) in [5.74, 6) is -3.04. The topological polar surface area (TPSA) is 125 Å². The maximum absolute atomic E-state index is 13.6. The van der Waals surface area contributed by atoms with Gasteiger partial charge in [-0.2, -0.15) is 0 Å². The molecular weight excluding hydrogens is 522 g/mol. The molecule has 0 aliphatic heterocycles. The van der Waals surface area contributed by atoms with Gasteiger partial charge < -0.3 is 19.5 Å². The van der Waals surface area contributed by atoms with E-state index in [1.807, 2.05) is 49.4 Å². The van der Waals surface area contributed by atoms with Gasteiger partial charge >= 0.3 is 12.1 Å². The number of benzene rings is 2. The van der Waals surface area contributed by atoms with Crippen LogP contribution in [0.4, 0.5) is 4.79 Å². The highest BCUT2D eigenvalue weighted by atomic mass is 32.2. The lowest BCUT2D eigenvalue weighted by Crippen LogP contribution is -2.47. The number of carbonyl (C=O) groups is 3. The van der Waals surface area contributed by atoms with E-state index in [1.165, 1.54) is 0 Å². The highest BCUT2D eigenvalue weighted by Crippen LogP contribution is 2.23. The molecule has 0 radical (unpaired) electrons. The van der Waals surface area contributed by atoms with E-state index < -0.39 is 56.9 Å². The number of hydrogen-bond acceptors (Lipinski definition) is 8. The Kier molecular flexibility index (Phi) is 12.2. The van der Waals surface area contributed by atoms with Gasteiger partial charge in [0.05, 0.1) is 24.0 Å². The Morgan fingerprint density at radius 1 is 0.974 bits per heavy atom. The summed E-state index contributed by atoms with van der Waals surface area (Å²) in [6.45, 7) is 8.55. The van der Waals surface area contributed by atoms with Crippen LogP contribution in [0.3, 0.4) is 0 Å². The third-order valence-electron chi connectivity index (χ3n) is 5.90. The summed E-state index contributed by atoms with van der Waals surface area (Å²) in [6.07, 6.45) is 1.05. The van der Waals surface area contributed by atoms with Gasteiger partial charge in [0.2, 0.25) is 5.91 Å². The van der Waals surface area contributed by atoms with Crippen LogP contribution in [0.15, 0.2) is 42.5 Å². The molecule has 9 nitrogen and oxygen atoms in total. The molecule has 0 unspecified atom stereocenters. The molecule has 39 heavy (non-hydrogen) atoms. The molecule has 0 aromatic heterocycles. The van der Waals surface area contributed by atoms with Crippen LogP contribution in [0.25, 0.3) is 10.8 Å². The first kappa shape index (κ1) is 32.1. The molecule has 10 heteroatoms. The first-order valence-electron chi connectivity index (χ1n) is 13.3. The number of fused-ring (bicyclic) bond motifs is 1. The number of hydrogen-bond donors (Lipinski definition) is 1. The van der Waals surface area contributed by atoms with E-state index in [1.54, 1.807) is 27.7 Å². The number of nitrogens with one attached hydrogen (secondary N) is 1. The maximum atomic E-state index is 13.6. The Morgan fingerprint density at radius 2 is 1.67 bits per heavy atom. The van der Waals surface area contributed by atoms with Gasteiger partial charge in [0.15, 0.2) is 9.84 Å². The largest absolute Gasteiger partial charge is 0.508 e. The second-order valence-corrected chi connectivity index (χ2v) is 12.7. The van der Waals surface area contributed by atoms with Crippen LogP contribution >= 0.6 is 0 Å². The van der Waals surface area contributed by atoms with Crippen molar-refractivity contribution < 1.29 is 37.0 Å². The van der Waals surface area contributed by atoms with E-state index in [2.05, 4.69) is 10.1 Å². The van der Waals surface area contributed by atoms with E-state index in [0.29, 0.717) is 12.8 Å². The lowest BCUT2D eigenvalue weighted by molar-refractivity contribution is -0.159. The number of unbranched alkanes of at least 4 members (excludes halogenated alkanes) is 1. The molecule has 0 bridgehead atoms. The number of carbonyl (C=O) groups excluding carboxylic acids is 3. The predicted octanol–water partition coefficient (Wildman–Crippen LogP) is 4.60. The molecule has 2 atom stereocenters. The summed E-state index contributed by atoms with van der Waals surface area (Å²) < 4.78 is 41.0. The van der Waals surface area contributed by atoms with Gasteiger partial charge in [-0.1, -0.05) is 62.2 Å². The summed E-state index contributed by atoms with van der Waals surface area (Å²) in [6, 6.07) is 12.4. The zero-order valence-electron chi connectivity index (χ0n) is 23.5. The highest BCUT2D eigenvalue weighted by Gasteiger charge is 2.32. The van der Waals surface area contributed by atoms with Gasteiger partial charge in [-0.15, -0.1) is 0 Å². The second kappa shape index (κ2) is 14.9. The molecule has 1 N–H and O–H groups in total. The molecule has 2 rings (SSSR count). The van der Waals surface area contributed by atoms with Crippen LogP contribution < -0.4 is 5.32 Å². The fraction of sp³-hybridized carbons (Fsp3) is 0.552. The van der Waals surface area contributed by atoms with E-state index in [-0.39, 0.29) is 19.6 Å². The fourth-order valence-electron chi connectivity index (χ4n) is 4.08. The summed E-state index contributed by atoms with van der Waals surface area (Å²) in [5, 5.41) is 4.65. The predicted molar refractivity (Wildman–Crippen MR) is 150 cm³/mol. The number of sulfone groups is 1. The molecule has 2 aromatic carbocycles. The first-order chi connectivity index (χ1) is 18.3.